The number of rotatable bonds is 13. The maximum absolute atomic E-state index is 14.3. The molecule has 0 bridgehead atoms. The lowest BCUT2D eigenvalue weighted by molar-refractivity contribution is -0.158. The Kier molecular flexibility index (Phi) is 10.7. The number of fused-ring (bicyclic) bond motifs is 1. The van der Waals surface area contributed by atoms with E-state index in [1.54, 1.807) is 30.3 Å². The van der Waals surface area contributed by atoms with Gasteiger partial charge in [-0.25, -0.2) is 4.79 Å². The summed E-state index contributed by atoms with van der Waals surface area (Å²) in [6.07, 6.45) is 11.3. The quantitative estimate of drug-likeness (QED) is 0.228. The third-order valence-corrected chi connectivity index (χ3v) is 9.72. The second-order valence-corrected chi connectivity index (χ2v) is 12.6. The Balaban J connectivity index is 1.35. The largest absolute Gasteiger partial charge is 0.467 e. The predicted molar refractivity (Wildman–Crippen MR) is 169 cm³/mol. The molecule has 3 fully saturated rings. The van der Waals surface area contributed by atoms with E-state index in [0.717, 1.165) is 57.8 Å². The monoisotopic (exact) mass is 619 g/mol. The molecule has 45 heavy (non-hydrogen) atoms. The predicted octanol–water partition coefficient (Wildman–Crippen LogP) is 4.98. The fourth-order valence-corrected chi connectivity index (χ4v) is 7.41. The van der Waals surface area contributed by atoms with Crippen molar-refractivity contribution in [3.05, 3.63) is 59.9 Å². The molecule has 10 nitrogen and oxygen atoms in total. The SMILES string of the molecule is C=CCC[C@@H]1CCC[C@H]1OC(=O)C[C@H](C(=O)N1C[C@H](Oc2nc3ccccc3c(=O)n2CC=C)C[C@H]1C(=O)OC)C1CCCC1. The minimum atomic E-state index is -0.884. The van der Waals surface area contributed by atoms with Gasteiger partial charge in [0.2, 0.25) is 5.91 Å². The molecule has 1 aromatic heterocycles. The highest BCUT2D eigenvalue weighted by molar-refractivity contribution is 5.89. The van der Waals surface area contributed by atoms with Gasteiger partial charge in [-0.2, -0.15) is 4.98 Å². The van der Waals surface area contributed by atoms with Crippen LogP contribution >= 0.6 is 0 Å². The fourth-order valence-electron chi connectivity index (χ4n) is 7.41. The van der Waals surface area contributed by atoms with E-state index in [-0.39, 0.29) is 61.4 Å². The van der Waals surface area contributed by atoms with Crippen LogP contribution in [0.25, 0.3) is 10.9 Å². The van der Waals surface area contributed by atoms with Crippen LogP contribution in [-0.2, 0) is 30.4 Å². The van der Waals surface area contributed by atoms with Crippen LogP contribution in [0.2, 0.25) is 0 Å². The van der Waals surface area contributed by atoms with Gasteiger partial charge in [0, 0.05) is 13.0 Å². The van der Waals surface area contributed by atoms with Gasteiger partial charge in [0.25, 0.3) is 11.6 Å². The molecular weight excluding hydrogens is 574 g/mol. The molecule has 2 aliphatic carbocycles. The molecule has 10 heteroatoms. The first-order chi connectivity index (χ1) is 21.8. The summed E-state index contributed by atoms with van der Waals surface area (Å²) in [5.41, 5.74) is 0.224. The molecule has 2 aromatic rings. The van der Waals surface area contributed by atoms with Crippen molar-refractivity contribution in [1.29, 1.82) is 0 Å². The summed E-state index contributed by atoms with van der Waals surface area (Å²) in [4.78, 5) is 60.0. The molecule has 2 heterocycles. The molecule has 3 aliphatic rings. The van der Waals surface area contributed by atoms with Crippen molar-refractivity contribution in [2.24, 2.45) is 17.8 Å². The molecule has 0 radical (unpaired) electrons. The second kappa shape index (κ2) is 14.9. The van der Waals surface area contributed by atoms with E-state index in [1.807, 2.05) is 6.08 Å². The number of hydrogen-bond donors (Lipinski definition) is 0. The second-order valence-electron chi connectivity index (χ2n) is 12.6. The zero-order chi connectivity index (χ0) is 31.9. The first-order valence-electron chi connectivity index (χ1n) is 16.3. The lowest BCUT2D eigenvalue weighted by Crippen LogP contribution is -2.46. The molecule has 5 atom stereocenters. The van der Waals surface area contributed by atoms with Crippen molar-refractivity contribution >= 4 is 28.7 Å². The Labute approximate surface area is 264 Å². The van der Waals surface area contributed by atoms with Gasteiger partial charge in [-0.05, 0) is 68.9 Å². The average molecular weight is 620 g/mol. The Bertz CT molecular complexity index is 1460. The van der Waals surface area contributed by atoms with Crippen molar-refractivity contribution in [3.8, 4) is 6.01 Å². The number of methoxy groups -OCH3 is 1. The Morgan fingerprint density at radius 3 is 2.58 bits per heavy atom. The zero-order valence-electron chi connectivity index (χ0n) is 26.2. The maximum Gasteiger partial charge on any atom is 0.328 e. The molecule has 1 saturated heterocycles. The number of amides is 1. The summed E-state index contributed by atoms with van der Waals surface area (Å²) in [6, 6.07) is 6.23. The van der Waals surface area contributed by atoms with Gasteiger partial charge in [-0.3, -0.25) is 19.0 Å². The number of ether oxygens (including phenoxy) is 3. The Hall–Kier alpha value is -3.95. The van der Waals surface area contributed by atoms with Gasteiger partial charge >= 0.3 is 11.9 Å². The topological polar surface area (TPSA) is 117 Å². The number of nitrogens with zero attached hydrogens (tertiary/aromatic N) is 3. The number of esters is 2. The van der Waals surface area contributed by atoms with Gasteiger partial charge in [0.15, 0.2) is 0 Å². The van der Waals surface area contributed by atoms with Gasteiger partial charge in [0.05, 0.1) is 36.9 Å². The number of benzene rings is 1. The maximum atomic E-state index is 14.3. The van der Waals surface area contributed by atoms with Gasteiger partial charge in [0.1, 0.15) is 18.2 Å². The summed E-state index contributed by atoms with van der Waals surface area (Å²) in [5, 5.41) is 0.457. The lowest BCUT2D eigenvalue weighted by atomic mass is 9.86. The molecule has 242 valence electrons. The van der Waals surface area contributed by atoms with E-state index in [9.17, 15) is 19.2 Å². The number of aromatic nitrogens is 2. The van der Waals surface area contributed by atoms with Crippen LogP contribution in [0.5, 0.6) is 6.01 Å². The fraction of sp³-hybridized carbons (Fsp3) is 0.571. The Morgan fingerprint density at radius 1 is 1.07 bits per heavy atom. The molecule has 1 amide bonds. The van der Waals surface area contributed by atoms with Gasteiger partial charge in [-0.1, -0.05) is 37.1 Å². The summed E-state index contributed by atoms with van der Waals surface area (Å²) in [7, 11) is 1.29. The van der Waals surface area contributed by atoms with E-state index < -0.39 is 24.0 Å². The molecule has 0 spiro atoms. The minimum Gasteiger partial charge on any atom is -0.467 e. The van der Waals surface area contributed by atoms with Crippen molar-refractivity contribution in [1.82, 2.24) is 14.5 Å². The molecular formula is C35H45N3O7. The standard InChI is InChI=1S/C35H45N3O7/c1-4-6-12-24-15-11-18-30(24)45-31(39)21-27(23-13-7-8-14-23)33(41)38-22-25(20-29(38)34(42)43-3)44-35-36-28-17-10-9-16-26(28)32(40)37(35)19-5-2/h4-5,9-10,16-17,23-25,27,29-30H,1-2,6-8,11-15,18-22H2,3H3/t24-,25-,27+,29+,30-/m1/s1. The van der Waals surface area contributed by atoms with Crippen LogP contribution in [-0.4, -0.2) is 64.2 Å². The van der Waals surface area contributed by atoms with Crippen LogP contribution in [0.4, 0.5) is 0 Å². The third kappa shape index (κ3) is 7.31. The van der Waals surface area contributed by atoms with Crippen LogP contribution in [0.3, 0.4) is 0 Å². The molecule has 1 aromatic carbocycles. The lowest BCUT2D eigenvalue weighted by Gasteiger charge is -2.30. The van der Waals surface area contributed by atoms with Crippen molar-refractivity contribution in [2.45, 2.75) is 95.4 Å². The number of likely N-dealkylation sites (tertiary alicyclic amines) is 1. The van der Waals surface area contributed by atoms with E-state index in [0.29, 0.717) is 16.8 Å². The zero-order valence-corrected chi connectivity index (χ0v) is 26.2. The summed E-state index contributed by atoms with van der Waals surface area (Å²) >= 11 is 0. The normalized spacial score (nSPS) is 24.0. The number of carbonyl (C=O) groups is 3. The molecule has 1 aliphatic heterocycles. The van der Waals surface area contributed by atoms with Crippen LogP contribution in [0.1, 0.15) is 70.6 Å². The van der Waals surface area contributed by atoms with Crippen molar-refractivity contribution in [3.63, 3.8) is 0 Å². The average Bonchev–Trinajstić information content (AvgIpc) is 3.82. The molecule has 2 saturated carbocycles. The van der Waals surface area contributed by atoms with Gasteiger partial charge < -0.3 is 19.1 Å². The molecule has 0 unspecified atom stereocenters. The minimum absolute atomic E-state index is 0.0186. The highest BCUT2D eigenvalue weighted by Gasteiger charge is 2.46. The van der Waals surface area contributed by atoms with E-state index in [2.05, 4.69) is 18.1 Å². The van der Waals surface area contributed by atoms with E-state index >= 15 is 0 Å². The highest BCUT2D eigenvalue weighted by Crippen LogP contribution is 2.38. The first-order valence-corrected chi connectivity index (χ1v) is 16.3. The number of para-hydroxylation sites is 1. The van der Waals surface area contributed by atoms with E-state index in [4.69, 9.17) is 14.2 Å². The third-order valence-electron chi connectivity index (χ3n) is 9.72. The summed E-state index contributed by atoms with van der Waals surface area (Å²) in [6.45, 7) is 7.86. The number of hydrogen-bond acceptors (Lipinski definition) is 8. The Morgan fingerprint density at radius 2 is 1.84 bits per heavy atom. The molecule has 5 rings (SSSR count). The highest BCUT2D eigenvalue weighted by atomic mass is 16.5. The molecule has 0 N–H and O–H groups in total. The van der Waals surface area contributed by atoms with Crippen molar-refractivity contribution in [2.75, 3.05) is 13.7 Å². The van der Waals surface area contributed by atoms with Gasteiger partial charge in [-0.15, -0.1) is 13.2 Å². The van der Waals surface area contributed by atoms with Crippen LogP contribution in [0.15, 0.2) is 54.4 Å². The van der Waals surface area contributed by atoms with E-state index in [1.165, 1.54) is 16.6 Å². The first kappa shape index (κ1) is 32.4. The van der Waals surface area contributed by atoms with Crippen LogP contribution < -0.4 is 10.3 Å². The van der Waals surface area contributed by atoms with Crippen molar-refractivity contribution < 1.29 is 28.6 Å². The number of carbonyl (C=O) groups excluding carboxylic acids is 3. The number of allylic oxidation sites excluding steroid dienone is 2. The summed E-state index contributed by atoms with van der Waals surface area (Å²) in [5.74, 6) is -1.42. The van der Waals surface area contributed by atoms with Crippen LogP contribution in [0, 0.1) is 17.8 Å². The summed E-state index contributed by atoms with van der Waals surface area (Å²) < 4.78 is 18.8. The smallest absolute Gasteiger partial charge is 0.328 e.